The molecule has 1 N–H and O–H groups in total. The molecule has 23 heavy (non-hydrogen) atoms. The van der Waals surface area contributed by atoms with Crippen molar-refractivity contribution in [2.45, 2.75) is 6.92 Å². The summed E-state index contributed by atoms with van der Waals surface area (Å²) in [6, 6.07) is 8.29. The Morgan fingerprint density at radius 3 is 2.52 bits per heavy atom. The van der Waals surface area contributed by atoms with Crippen molar-refractivity contribution in [2.24, 2.45) is 0 Å². The fourth-order valence-electron chi connectivity index (χ4n) is 1.73. The van der Waals surface area contributed by atoms with Crippen LogP contribution in [0.3, 0.4) is 0 Å². The van der Waals surface area contributed by atoms with Gasteiger partial charge in [0.25, 0.3) is 5.91 Å². The molecule has 120 valence electrons. The summed E-state index contributed by atoms with van der Waals surface area (Å²) in [5.74, 6) is -1.91. The second-order valence-corrected chi connectivity index (χ2v) is 5.53. The lowest BCUT2D eigenvalue weighted by Gasteiger charge is -2.08. The quantitative estimate of drug-likeness (QED) is 0.834. The van der Waals surface area contributed by atoms with Gasteiger partial charge < -0.3 is 10.1 Å². The Morgan fingerprint density at radius 1 is 1.13 bits per heavy atom. The third kappa shape index (κ3) is 4.68. The number of benzene rings is 2. The number of amides is 1. The maximum absolute atomic E-state index is 12.9. The first-order chi connectivity index (χ1) is 10.9. The summed E-state index contributed by atoms with van der Waals surface area (Å²) in [4.78, 5) is 23.6. The number of hydrogen-bond acceptors (Lipinski definition) is 3. The van der Waals surface area contributed by atoms with Crippen molar-refractivity contribution in [3.05, 3.63) is 63.4 Å². The van der Waals surface area contributed by atoms with E-state index in [9.17, 15) is 14.0 Å². The Kier molecular flexibility index (Phi) is 5.58. The van der Waals surface area contributed by atoms with E-state index in [4.69, 9.17) is 27.9 Å². The van der Waals surface area contributed by atoms with Gasteiger partial charge in [-0.1, -0.05) is 29.3 Å². The minimum Gasteiger partial charge on any atom is -0.452 e. The number of rotatable bonds is 4. The number of carbonyl (C=O) groups excluding carboxylic acids is 2. The third-order valence-corrected chi connectivity index (χ3v) is 3.66. The van der Waals surface area contributed by atoms with Gasteiger partial charge in [-0.05, 0) is 42.8 Å². The van der Waals surface area contributed by atoms with E-state index in [1.165, 1.54) is 6.07 Å². The van der Waals surface area contributed by atoms with Crippen molar-refractivity contribution in [2.75, 3.05) is 11.9 Å². The Labute approximate surface area is 142 Å². The van der Waals surface area contributed by atoms with E-state index in [0.29, 0.717) is 10.7 Å². The number of esters is 1. The van der Waals surface area contributed by atoms with E-state index in [-0.39, 0.29) is 10.6 Å². The van der Waals surface area contributed by atoms with Gasteiger partial charge in [-0.25, -0.2) is 9.18 Å². The van der Waals surface area contributed by atoms with Gasteiger partial charge in [0.05, 0.1) is 10.6 Å². The molecule has 0 aliphatic carbocycles. The predicted octanol–water partition coefficient (Wildman–Crippen LogP) is 4.24. The Balaban J connectivity index is 1.93. The molecule has 0 radical (unpaired) electrons. The summed E-state index contributed by atoms with van der Waals surface area (Å²) >= 11 is 11.7. The van der Waals surface area contributed by atoms with Crippen molar-refractivity contribution < 1.29 is 18.7 Å². The molecule has 0 atom stereocenters. The first kappa shape index (κ1) is 17.2. The van der Waals surface area contributed by atoms with Gasteiger partial charge >= 0.3 is 5.97 Å². The molecule has 2 aromatic carbocycles. The first-order valence-electron chi connectivity index (χ1n) is 6.55. The summed E-state index contributed by atoms with van der Waals surface area (Å²) in [5, 5.41) is 2.98. The molecular formula is C16H12Cl2FNO3. The Morgan fingerprint density at radius 2 is 1.87 bits per heavy atom. The molecule has 0 saturated heterocycles. The molecule has 2 rings (SSSR count). The molecule has 0 aliphatic rings. The van der Waals surface area contributed by atoms with Crippen LogP contribution in [0.2, 0.25) is 10.0 Å². The van der Waals surface area contributed by atoms with Gasteiger partial charge in [-0.2, -0.15) is 0 Å². The van der Waals surface area contributed by atoms with Gasteiger partial charge in [0.2, 0.25) is 0 Å². The minimum atomic E-state index is -0.813. The van der Waals surface area contributed by atoms with Crippen LogP contribution in [-0.2, 0) is 9.53 Å². The van der Waals surface area contributed by atoms with Crippen LogP contribution in [-0.4, -0.2) is 18.5 Å². The van der Waals surface area contributed by atoms with Gasteiger partial charge in [-0.3, -0.25) is 4.79 Å². The van der Waals surface area contributed by atoms with Crippen molar-refractivity contribution in [1.29, 1.82) is 0 Å². The first-order valence-corrected chi connectivity index (χ1v) is 7.30. The van der Waals surface area contributed by atoms with Crippen LogP contribution in [0, 0.1) is 12.7 Å². The average Bonchev–Trinajstić information content (AvgIpc) is 2.48. The van der Waals surface area contributed by atoms with E-state index in [2.05, 4.69) is 5.32 Å². The van der Waals surface area contributed by atoms with Crippen LogP contribution in [0.25, 0.3) is 0 Å². The summed E-state index contributed by atoms with van der Waals surface area (Å²) in [6.07, 6.45) is 0. The number of hydrogen-bond donors (Lipinski definition) is 1. The van der Waals surface area contributed by atoms with Crippen LogP contribution in [0.15, 0.2) is 36.4 Å². The Hall–Kier alpha value is -2.11. The summed E-state index contributed by atoms with van der Waals surface area (Å²) < 4.78 is 17.8. The maximum atomic E-state index is 12.9. The third-order valence-electron chi connectivity index (χ3n) is 2.94. The van der Waals surface area contributed by atoms with Crippen molar-refractivity contribution in [1.82, 2.24) is 0 Å². The lowest BCUT2D eigenvalue weighted by Crippen LogP contribution is -2.21. The highest BCUT2D eigenvalue weighted by Crippen LogP contribution is 2.20. The lowest BCUT2D eigenvalue weighted by molar-refractivity contribution is -0.119. The number of carbonyl (C=O) groups is 2. The number of ether oxygens (including phenoxy) is 1. The smallest absolute Gasteiger partial charge is 0.340 e. The van der Waals surface area contributed by atoms with E-state index in [0.717, 1.165) is 17.7 Å². The maximum Gasteiger partial charge on any atom is 0.340 e. The summed E-state index contributed by atoms with van der Waals surface area (Å²) in [6.45, 7) is 1.33. The van der Waals surface area contributed by atoms with E-state index in [1.54, 1.807) is 18.2 Å². The fourth-order valence-corrected chi connectivity index (χ4v) is 2.16. The molecule has 0 heterocycles. The standard InChI is InChI=1S/C16H12Cl2FNO3/c1-9-2-4-11(7-13(9)17)20-15(21)8-23-16(22)12-5-3-10(19)6-14(12)18/h2-7H,8H2,1H3,(H,20,21). The molecule has 0 fully saturated rings. The molecule has 0 saturated carbocycles. The molecule has 7 heteroatoms. The number of halogens is 3. The molecule has 2 aromatic rings. The van der Waals surface area contributed by atoms with Crippen molar-refractivity contribution in [3.63, 3.8) is 0 Å². The molecule has 1 amide bonds. The minimum absolute atomic E-state index is 0.0146. The molecule has 0 unspecified atom stereocenters. The number of aryl methyl sites for hydroxylation is 1. The number of anilines is 1. The van der Waals surface area contributed by atoms with Crippen molar-refractivity contribution in [3.8, 4) is 0 Å². The second-order valence-electron chi connectivity index (χ2n) is 4.71. The summed E-state index contributed by atoms with van der Waals surface area (Å²) in [5.41, 5.74) is 1.35. The molecule has 0 aromatic heterocycles. The van der Waals surface area contributed by atoms with E-state index < -0.39 is 24.3 Å². The van der Waals surface area contributed by atoms with Gasteiger partial charge in [0.15, 0.2) is 6.61 Å². The SMILES string of the molecule is Cc1ccc(NC(=O)COC(=O)c2ccc(F)cc2Cl)cc1Cl. The lowest BCUT2D eigenvalue weighted by atomic mass is 10.2. The fraction of sp³-hybridized carbons (Fsp3) is 0.125. The second kappa shape index (κ2) is 7.44. The molecular weight excluding hydrogens is 344 g/mol. The van der Waals surface area contributed by atoms with E-state index in [1.807, 2.05) is 6.92 Å². The van der Waals surface area contributed by atoms with Crippen molar-refractivity contribution >= 4 is 40.8 Å². The zero-order chi connectivity index (χ0) is 17.0. The zero-order valence-corrected chi connectivity index (χ0v) is 13.5. The Bertz CT molecular complexity index is 765. The van der Waals surface area contributed by atoms with Gasteiger partial charge in [0.1, 0.15) is 5.82 Å². The van der Waals surface area contributed by atoms with Crippen LogP contribution >= 0.6 is 23.2 Å². The molecule has 0 bridgehead atoms. The largest absolute Gasteiger partial charge is 0.452 e. The monoisotopic (exact) mass is 355 g/mol. The highest BCUT2D eigenvalue weighted by atomic mass is 35.5. The zero-order valence-electron chi connectivity index (χ0n) is 12.0. The van der Waals surface area contributed by atoms with Gasteiger partial charge in [-0.15, -0.1) is 0 Å². The number of nitrogens with one attached hydrogen (secondary N) is 1. The van der Waals surface area contributed by atoms with Crippen LogP contribution in [0.1, 0.15) is 15.9 Å². The summed E-state index contributed by atoms with van der Waals surface area (Å²) in [7, 11) is 0. The topological polar surface area (TPSA) is 55.4 Å². The highest BCUT2D eigenvalue weighted by molar-refractivity contribution is 6.33. The molecule has 0 aliphatic heterocycles. The molecule has 0 spiro atoms. The van der Waals surface area contributed by atoms with E-state index >= 15 is 0 Å². The average molecular weight is 356 g/mol. The van der Waals surface area contributed by atoms with Crippen LogP contribution < -0.4 is 5.32 Å². The highest BCUT2D eigenvalue weighted by Gasteiger charge is 2.14. The molecule has 4 nitrogen and oxygen atoms in total. The normalized spacial score (nSPS) is 10.3. The predicted molar refractivity (Wildman–Crippen MR) is 86.5 cm³/mol. The van der Waals surface area contributed by atoms with Crippen LogP contribution in [0.4, 0.5) is 10.1 Å². The van der Waals surface area contributed by atoms with Crippen LogP contribution in [0.5, 0.6) is 0 Å². The van der Waals surface area contributed by atoms with Gasteiger partial charge in [0, 0.05) is 10.7 Å².